The molecule has 1 aromatic rings. The predicted molar refractivity (Wildman–Crippen MR) is 107 cm³/mol. The molecule has 1 aromatic carbocycles. The van der Waals surface area contributed by atoms with E-state index in [-0.39, 0.29) is 24.0 Å². The lowest BCUT2D eigenvalue weighted by molar-refractivity contribution is 0.0403. The largest absolute Gasteiger partial charge is 0.379 e. The highest BCUT2D eigenvalue weighted by Crippen LogP contribution is 2.00. The van der Waals surface area contributed by atoms with Gasteiger partial charge in [0.1, 0.15) is 0 Å². The summed E-state index contributed by atoms with van der Waals surface area (Å²) >= 11 is 0. The van der Waals surface area contributed by atoms with Gasteiger partial charge in [-0.1, -0.05) is 30.3 Å². The highest BCUT2D eigenvalue weighted by Gasteiger charge is 1.95. The summed E-state index contributed by atoms with van der Waals surface area (Å²) in [5, 5.41) is 6.39. The van der Waals surface area contributed by atoms with Crippen LogP contribution in [0.2, 0.25) is 0 Å². The van der Waals surface area contributed by atoms with Crippen molar-refractivity contribution in [3.63, 3.8) is 0 Å². The molecule has 2 N–H and O–H groups in total. The smallest absolute Gasteiger partial charge is 0.191 e. The summed E-state index contributed by atoms with van der Waals surface area (Å²) in [4.78, 5) is 4.46. The third-order valence-electron chi connectivity index (χ3n) is 2.89. The van der Waals surface area contributed by atoms with E-state index in [1.165, 1.54) is 5.56 Å². The summed E-state index contributed by atoms with van der Waals surface area (Å²) < 4.78 is 11.1. The first-order valence-electron chi connectivity index (χ1n) is 8.08. The number of guanidine groups is 1. The number of halogens is 1. The number of hydrogen-bond donors (Lipinski definition) is 2. The van der Waals surface area contributed by atoms with Crippen molar-refractivity contribution < 1.29 is 9.47 Å². The Balaban J connectivity index is 0.00000484. The quantitative estimate of drug-likeness (QED) is 0.243. The van der Waals surface area contributed by atoms with Gasteiger partial charge in [0.25, 0.3) is 0 Å². The van der Waals surface area contributed by atoms with E-state index in [4.69, 9.17) is 9.47 Å². The van der Waals surface area contributed by atoms with E-state index >= 15 is 0 Å². The molecule has 0 fully saturated rings. The van der Waals surface area contributed by atoms with Crippen LogP contribution in [0.5, 0.6) is 0 Å². The zero-order chi connectivity index (χ0) is 15.9. The van der Waals surface area contributed by atoms with Crippen LogP contribution in [0.1, 0.15) is 25.8 Å². The van der Waals surface area contributed by atoms with Gasteiger partial charge in [0.2, 0.25) is 0 Å². The van der Waals surface area contributed by atoms with Crippen LogP contribution in [-0.4, -0.2) is 45.4 Å². The van der Waals surface area contributed by atoms with Gasteiger partial charge >= 0.3 is 0 Å². The third-order valence-corrected chi connectivity index (χ3v) is 2.89. The van der Waals surface area contributed by atoms with Crippen molar-refractivity contribution in [2.75, 3.05) is 39.5 Å². The van der Waals surface area contributed by atoms with Crippen molar-refractivity contribution in [1.82, 2.24) is 10.6 Å². The van der Waals surface area contributed by atoms with E-state index in [9.17, 15) is 0 Å². The molecule has 0 bridgehead atoms. The van der Waals surface area contributed by atoms with Gasteiger partial charge in [-0.3, -0.25) is 4.99 Å². The Morgan fingerprint density at radius 2 is 1.61 bits per heavy atom. The van der Waals surface area contributed by atoms with Crippen molar-refractivity contribution in [3.8, 4) is 0 Å². The molecule has 0 aliphatic heterocycles. The van der Waals surface area contributed by atoms with Gasteiger partial charge in [0.05, 0.1) is 19.8 Å². The molecule has 0 heterocycles. The zero-order valence-electron chi connectivity index (χ0n) is 14.2. The van der Waals surface area contributed by atoms with E-state index in [2.05, 4.69) is 41.6 Å². The highest BCUT2D eigenvalue weighted by atomic mass is 127. The molecule has 0 amide bonds. The van der Waals surface area contributed by atoms with E-state index in [1.54, 1.807) is 0 Å². The lowest BCUT2D eigenvalue weighted by Crippen LogP contribution is -2.37. The highest BCUT2D eigenvalue weighted by molar-refractivity contribution is 14.0. The van der Waals surface area contributed by atoms with Crippen molar-refractivity contribution in [2.45, 2.75) is 26.9 Å². The monoisotopic (exact) mass is 435 g/mol. The first-order chi connectivity index (χ1) is 10.9. The summed E-state index contributed by atoms with van der Waals surface area (Å²) in [6.07, 6.45) is 0.916. The van der Waals surface area contributed by atoms with Crippen molar-refractivity contribution in [2.24, 2.45) is 4.99 Å². The zero-order valence-corrected chi connectivity index (χ0v) is 16.5. The number of rotatable bonds is 11. The molecular weight excluding hydrogens is 405 g/mol. The van der Waals surface area contributed by atoms with E-state index in [0.717, 1.165) is 32.0 Å². The average molecular weight is 435 g/mol. The Bertz CT molecular complexity index is 394. The Kier molecular flexibility index (Phi) is 15.4. The molecule has 132 valence electrons. The summed E-state index contributed by atoms with van der Waals surface area (Å²) in [5.41, 5.74) is 1.19. The van der Waals surface area contributed by atoms with Crippen LogP contribution in [0.4, 0.5) is 0 Å². The minimum atomic E-state index is 0. The fourth-order valence-electron chi connectivity index (χ4n) is 1.85. The van der Waals surface area contributed by atoms with E-state index < -0.39 is 0 Å². The Labute approximate surface area is 157 Å². The molecule has 0 unspecified atom stereocenters. The van der Waals surface area contributed by atoms with Crippen LogP contribution in [-0.2, 0) is 16.1 Å². The summed E-state index contributed by atoms with van der Waals surface area (Å²) in [6.45, 7) is 9.24. The lowest BCUT2D eigenvalue weighted by atomic mass is 10.2. The van der Waals surface area contributed by atoms with Gasteiger partial charge in [-0.15, -0.1) is 24.0 Å². The standard InChI is InChI=1S/C17H29N3O2.HI/c1-3-18-17(19-4-2)20-11-8-12-21-13-14-22-15-16-9-6-5-7-10-16;/h5-7,9-10H,3-4,8,11-15H2,1-2H3,(H2,18,19,20);1H. The number of nitrogens with zero attached hydrogens (tertiary/aromatic N) is 1. The van der Waals surface area contributed by atoms with Crippen LogP contribution >= 0.6 is 24.0 Å². The topological polar surface area (TPSA) is 54.9 Å². The second-order valence-electron chi connectivity index (χ2n) is 4.80. The molecule has 0 spiro atoms. The Morgan fingerprint density at radius 3 is 2.26 bits per heavy atom. The third kappa shape index (κ3) is 12.3. The van der Waals surface area contributed by atoms with Gasteiger partial charge in [-0.25, -0.2) is 0 Å². The van der Waals surface area contributed by atoms with Gasteiger partial charge < -0.3 is 20.1 Å². The first kappa shape index (κ1) is 22.1. The van der Waals surface area contributed by atoms with Gasteiger partial charge in [-0.05, 0) is 25.8 Å². The lowest BCUT2D eigenvalue weighted by Gasteiger charge is -2.09. The van der Waals surface area contributed by atoms with Crippen LogP contribution < -0.4 is 10.6 Å². The average Bonchev–Trinajstić information content (AvgIpc) is 2.54. The van der Waals surface area contributed by atoms with Crippen molar-refractivity contribution >= 4 is 29.9 Å². The number of ether oxygens (including phenoxy) is 2. The normalized spacial score (nSPS) is 9.83. The first-order valence-corrected chi connectivity index (χ1v) is 8.08. The van der Waals surface area contributed by atoms with E-state index in [0.29, 0.717) is 26.4 Å². The van der Waals surface area contributed by atoms with Crippen molar-refractivity contribution in [3.05, 3.63) is 35.9 Å². The fourth-order valence-corrected chi connectivity index (χ4v) is 1.85. The number of benzene rings is 1. The second kappa shape index (κ2) is 16.0. The maximum absolute atomic E-state index is 5.56. The maximum atomic E-state index is 5.56. The number of nitrogens with one attached hydrogen (secondary N) is 2. The van der Waals surface area contributed by atoms with Crippen molar-refractivity contribution in [1.29, 1.82) is 0 Å². The minimum Gasteiger partial charge on any atom is -0.379 e. The predicted octanol–water partition coefficient (Wildman–Crippen LogP) is 2.80. The molecule has 5 nitrogen and oxygen atoms in total. The summed E-state index contributed by atoms with van der Waals surface area (Å²) in [7, 11) is 0. The molecule has 0 saturated carbocycles. The maximum Gasteiger partial charge on any atom is 0.191 e. The van der Waals surface area contributed by atoms with E-state index in [1.807, 2.05) is 18.2 Å². The van der Waals surface area contributed by atoms with Crippen LogP contribution in [0.3, 0.4) is 0 Å². The number of hydrogen-bond acceptors (Lipinski definition) is 3. The Hall–Kier alpha value is -0.860. The van der Waals surface area contributed by atoms with Crippen LogP contribution in [0, 0.1) is 0 Å². The van der Waals surface area contributed by atoms with Gasteiger partial charge in [0, 0.05) is 26.2 Å². The molecule has 6 heteroatoms. The molecule has 23 heavy (non-hydrogen) atoms. The fraction of sp³-hybridized carbons (Fsp3) is 0.588. The second-order valence-corrected chi connectivity index (χ2v) is 4.80. The molecule has 0 aliphatic carbocycles. The minimum absolute atomic E-state index is 0. The molecule has 0 aromatic heterocycles. The SMILES string of the molecule is CCNC(=NCCCOCCOCc1ccccc1)NCC.I. The molecule has 1 rings (SSSR count). The molecule has 0 aliphatic rings. The Morgan fingerprint density at radius 1 is 0.957 bits per heavy atom. The molecule has 0 atom stereocenters. The van der Waals surface area contributed by atoms with Gasteiger partial charge in [-0.2, -0.15) is 0 Å². The summed E-state index contributed by atoms with van der Waals surface area (Å²) in [5.74, 6) is 0.871. The van der Waals surface area contributed by atoms with Gasteiger partial charge in [0.15, 0.2) is 5.96 Å². The van der Waals surface area contributed by atoms with Crippen LogP contribution in [0.25, 0.3) is 0 Å². The molecular formula is C17H30IN3O2. The molecule has 0 saturated heterocycles. The number of aliphatic imine (C=N–C) groups is 1. The summed E-state index contributed by atoms with van der Waals surface area (Å²) in [6, 6.07) is 10.2. The molecule has 0 radical (unpaired) electrons. The van der Waals surface area contributed by atoms with Crippen LogP contribution in [0.15, 0.2) is 35.3 Å².